The van der Waals surface area contributed by atoms with E-state index in [9.17, 15) is 13.0 Å². The van der Waals surface area contributed by atoms with Crippen molar-refractivity contribution in [2.45, 2.75) is 110 Å². The molecule has 157 valence electrons. The van der Waals surface area contributed by atoms with Crippen molar-refractivity contribution in [2.24, 2.45) is 5.92 Å². The summed E-state index contributed by atoms with van der Waals surface area (Å²) in [6, 6.07) is 3.80. The molecule has 0 bridgehead atoms. The topological polar surface area (TPSA) is 54.4 Å². The van der Waals surface area contributed by atoms with E-state index in [0.717, 1.165) is 29.9 Å². The fourth-order valence-electron chi connectivity index (χ4n) is 3.68. The summed E-state index contributed by atoms with van der Waals surface area (Å²) in [5.74, 6) is 0.836. The van der Waals surface area contributed by atoms with E-state index in [0.29, 0.717) is 12.0 Å². The second-order valence-corrected chi connectivity index (χ2v) is 9.80. The van der Waals surface area contributed by atoms with Gasteiger partial charge < -0.3 is 0 Å². The monoisotopic (exact) mass is 419 g/mol. The van der Waals surface area contributed by atoms with Crippen LogP contribution in [0.2, 0.25) is 0 Å². The molecule has 0 saturated carbocycles. The van der Waals surface area contributed by atoms with Gasteiger partial charge >= 0.3 is 0 Å². The molecule has 0 aliphatic carbocycles. The van der Waals surface area contributed by atoms with Crippen molar-refractivity contribution in [1.29, 1.82) is 0 Å². The van der Waals surface area contributed by atoms with Gasteiger partial charge in [0.05, 0.1) is 0 Å². The van der Waals surface area contributed by atoms with Crippen LogP contribution in [0.1, 0.15) is 101 Å². The summed E-state index contributed by atoms with van der Waals surface area (Å²) in [5, 5.41) is 0. The Hall–Kier alpha value is 0.130. The van der Waals surface area contributed by atoms with Gasteiger partial charge in [-0.15, -0.1) is 0 Å². The normalized spacial score (nSPS) is 11.6. The first kappa shape index (κ1) is 28.1. The van der Waals surface area contributed by atoms with E-state index in [2.05, 4.69) is 13.8 Å². The molecule has 0 unspecified atom stereocenters. The number of aryl methyl sites for hydroxylation is 2. The minimum absolute atomic E-state index is 0. The minimum atomic E-state index is -4.16. The molecular formula is C23H40NaO3S. The van der Waals surface area contributed by atoms with Crippen molar-refractivity contribution in [2.75, 3.05) is 0 Å². The SMILES string of the molecule is Cc1ccc(CCCCCCCCCCCCC(C)C)c(S(=O)(=O)O)c1C.[Na]. The molecule has 0 atom stereocenters. The first-order valence-corrected chi connectivity index (χ1v) is 12.2. The van der Waals surface area contributed by atoms with Crippen LogP contribution in [-0.4, -0.2) is 42.5 Å². The van der Waals surface area contributed by atoms with E-state index < -0.39 is 10.1 Å². The predicted molar refractivity (Wildman–Crippen MR) is 121 cm³/mol. The Balaban J connectivity index is 0.00000729. The third-order valence-corrected chi connectivity index (χ3v) is 6.58. The number of hydrogen-bond donors (Lipinski definition) is 1. The van der Waals surface area contributed by atoms with Crippen LogP contribution in [0.3, 0.4) is 0 Å². The molecule has 1 aromatic rings. The average Bonchev–Trinajstić information content (AvgIpc) is 2.57. The minimum Gasteiger partial charge on any atom is -0.282 e. The van der Waals surface area contributed by atoms with Crippen LogP contribution in [0, 0.1) is 19.8 Å². The molecule has 0 amide bonds. The number of benzene rings is 1. The number of hydrogen-bond acceptors (Lipinski definition) is 2. The van der Waals surface area contributed by atoms with Gasteiger partial charge in [0.25, 0.3) is 10.1 Å². The zero-order valence-corrected chi connectivity index (χ0v) is 21.7. The van der Waals surface area contributed by atoms with Gasteiger partial charge in [-0.05, 0) is 49.3 Å². The summed E-state index contributed by atoms with van der Waals surface area (Å²) in [6.07, 6.45) is 14.8. The first-order chi connectivity index (χ1) is 12.7. The fraction of sp³-hybridized carbons (Fsp3) is 0.739. The van der Waals surface area contributed by atoms with Crippen molar-refractivity contribution in [3.63, 3.8) is 0 Å². The Morgan fingerprint density at radius 3 is 1.75 bits per heavy atom. The van der Waals surface area contributed by atoms with E-state index in [-0.39, 0.29) is 34.5 Å². The second-order valence-electron chi connectivity index (χ2n) is 8.44. The van der Waals surface area contributed by atoms with Gasteiger partial charge in [0, 0.05) is 29.6 Å². The Labute approximate surface area is 196 Å². The Kier molecular flexibility index (Phi) is 15.1. The van der Waals surface area contributed by atoms with Crippen molar-refractivity contribution >= 4 is 39.7 Å². The second kappa shape index (κ2) is 15.0. The van der Waals surface area contributed by atoms with Gasteiger partial charge in [0.2, 0.25) is 0 Å². The molecule has 0 aromatic heterocycles. The quantitative estimate of drug-likeness (QED) is 0.208. The van der Waals surface area contributed by atoms with Crippen LogP contribution in [0.25, 0.3) is 0 Å². The maximum Gasteiger partial charge on any atom is 0.295 e. The van der Waals surface area contributed by atoms with Gasteiger partial charge in [-0.1, -0.05) is 90.2 Å². The Bertz CT molecular complexity index is 654. The van der Waals surface area contributed by atoms with Crippen LogP contribution in [0.5, 0.6) is 0 Å². The molecule has 1 rings (SSSR count). The largest absolute Gasteiger partial charge is 0.295 e. The molecule has 0 fully saturated rings. The molecule has 1 radical (unpaired) electrons. The van der Waals surface area contributed by atoms with Gasteiger partial charge in [-0.2, -0.15) is 8.42 Å². The number of rotatable bonds is 14. The zero-order valence-electron chi connectivity index (χ0n) is 18.9. The molecule has 0 spiro atoms. The van der Waals surface area contributed by atoms with Crippen LogP contribution in [-0.2, 0) is 16.5 Å². The molecule has 28 heavy (non-hydrogen) atoms. The summed E-state index contributed by atoms with van der Waals surface area (Å²) < 4.78 is 33.0. The molecule has 1 N–H and O–H groups in total. The van der Waals surface area contributed by atoms with Crippen molar-refractivity contribution < 1.29 is 13.0 Å². The third-order valence-electron chi connectivity index (χ3n) is 5.49. The molecule has 5 heteroatoms. The summed E-state index contributed by atoms with van der Waals surface area (Å²) in [6.45, 7) is 8.23. The summed E-state index contributed by atoms with van der Waals surface area (Å²) in [7, 11) is -4.16. The molecular weight excluding hydrogens is 379 g/mol. The molecule has 0 aliphatic heterocycles. The molecule has 3 nitrogen and oxygen atoms in total. The van der Waals surface area contributed by atoms with E-state index in [1.807, 2.05) is 19.1 Å². The summed E-state index contributed by atoms with van der Waals surface area (Å²) >= 11 is 0. The van der Waals surface area contributed by atoms with Crippen LogP contribution >= 0.6 is 0 Å². The maximum atomic E-state index is 11.7. The van der Waals surface area contributed by atoms with E-state index in [4.69, 9.17) is 0 Å². The van der Waals surface area contributed by atoms with Crippen molar-refractivity contribution in [1.82, 2.24) is 0 Å². The standard InChI is InChI=1S/C23H40O3S.Na/c1-19(2)15-13-11-9-7-5-6-8-10-12-14-16-22-18-17-20(3)21(4)23(22)27(24,25)26;/h17-19H,5-16H2,1-4H3,(H,24,25,26);. The average molecular weight is 420 g/mol. The van der Waals surface area contributed by atoms with Crippen LogP contribution in [0.15, 0.2) is 17.0 Å². The zero-order chi connectivity index (χ0) is 20.3. The Morgan fingerprint density at radius 1 is 0.821 bits per heavy atom. The van der Waals surface area contributed by atoms with Crippen molar-refractivity contribution in [3.05, 3.63) is 28.8 Å². The third kappa shape index (κ3) is 11.3. The smallest absolute Gasteiger partial charge is 0.282 e. The maximum absolute atomic E-state index is 11.7. The van der Waals surface area contributed by atoms with Crippen LogP contribution < -0.4 is 0 Å². The molecule has 0 heterocycles. The summed E-state index contributed by atoms with van der Waals surface area (Å²) in [5.41, 5.74) is 2.32. The molecule has 0 saturated heterocycles. The van der Waals surface area contributed by atoms with Crippen molar-refractivity contribution in [3.8, 4) is 0 Å². The predicted octanol–water partition coefficient (Wildman–Crippen LogP) is 6.66. The fourth-order valence-corrected chi connectivity index (χ4v) is 4.73. The van der Waals surface area contributed by atoms with E-state index >= 15 is 0 Å². The van der Waals surface area contributed by atoms with Gasteiger partial charge in [0.1, 0.15) is 4.90 Å². The molecule has 0 aliphatic rings. The molecule has 1 aromatic carbocycles. The number of unbranched alkanes of at least 4 members (excludes halogenated alkanes) is 9. The first-order valence-electron chi connectivity index (χ1n) is 10.8. The Morgan fingerprint density at radius 2 is 1.29 bits per heavy atom. The van der Waals surface area contributed by atoms with E-state index in [1.165, 1.54) is 57.8 Å². The van der Waals surface area contributed by atoms with E-state index in [1.54, 1.807) is 6.92 Å². The van der Waals surface area contributed by atoms with Gasteiger partial charge in [-0.3, -0.25) is 4.55 Å². The summed E-state index contributed by atoms with van der Waals surface area (Å²) in [4.78, 5) is 0.125. The van der Waals surface area contributed by atoms with Gasteiger partial charge in [-0.25, -0.2) is 0 Å². The van der Waals surface area contributed by atoms with Gasteiger partial charge in [0.15, 0.2) is 0 Å². The van der Waals surface area contributed by atoms with Crippen LogP contribution in [0.4, 0.5) is 0 Å².